The SMILES string of the molecule is Fc1cccc(SCc2ncc3c(n2)CNC3)c1. The highest BCUT2D eigenvalue weighted by atomic mass is 32.2. The first-order valence-electron chi connectivity index (χ1n) is 5.74. The lowest BCUT2D eigenvalue weighted by atomic mass is 10.3. The lowest BCUT2D eigenvalue weighted by Crippen LogP contribution is -2.01. The van der Waals surface area contributed by atoms with Crippen molar-refractivity contribution in [3.8, 4) is 0 Å². The number of aromatic nitrogens is 2. The van der Waals surface area contributed by atoms with Crippen LogP contribution in [0, 0.1) is 5.82 Å². The number of hydrogen-bond acceptors (Lipinski definition) is 4. The molecule has 0 saturated carbocycles. The van der Waals surface area contributed by atoms with Crippen LogP contribution in [0.3, 0.4) is 0 Å². The molecule has 1 aliphatic heterocycles. The van der Waals surface area contributed by atoms with Crippen LogP contribution in [0.4, 0.5) is 4.39 Å². The molecule has 18 heavy (non-hydrogen) atoms. The van der Waals surface area contributed by atoms with Gasteiger partial charge in [0.1, 0.15) is 11.6 Å². The van der Waals surface area contributed by atoms with Crippen molar-refractivity contribution in [3.05, 3.63) is 53.4 Å². The van der Waals surface area contributed by atoms with Crippen molar-refractivity contribution in [1.29, 1.82) is 0 Å². The van der Waals surface area contributed by atoms with Crippen molar-refractivity contribution < 1.29 is 4.39 Å². The molecule has 1 aromatic heterocycles. The fourth-order valence-electron chi connectivity index (χ4n) is 1.87. The van der Waals surface area contributed by atoms with Gasteiger partial charge in [-0.3, -0.25) is 0 Å². The van der Waals surface area contributed by atoms with E-state index in [1.807, 2.05) is 12.3 Å². The second kappa shape index (κ2) is 5.04. The Kier molecular flexibility index (Phi) is 3.25. The van der Waals surface area contributed by atoms with Crippen LogP contribution in [0.1, 0.15) is 17.1 Å². The van der Waals surface area contributed by atoms with Gasteiger partial charge in [-0.15, -0.1) is 11.8 Å². The van der Waals surface area contributed by atoms with Gasteiger partial charge in [-0.1, -0.05) is 6.07 Å². The average Bonchev–Trinajstić information content (AvgIpc) is 2.84. The second-order valence-electron chi connectivity index (χ2n) is 4.11. The van der Waals surface area contributed by atoms with Crippen LogP contribution in [0.5, 0.6) is 0 Å². The quantitative estimate of drug-likeness (QED) is 0.862. The number of halogens is 1. The van der Waals surface area contributed by atoms with E-state index in [2.05, 4.69) is 15.3 Å². The van der Waals surface area contributed by atoms with Crippen molar-refractivity contribution in [3.63, 3.8) is 0 Å². The Morgan fingerprint density at radius 3 is 3.17 bits per heavy atom. The van der Waals surface area contributed by atoms with Crippen LogP contribution in [-0.4, -0.2) is 9.97 Å². The summed E-state index contributed by atoms with van der Waals surface area (Å²) in [7, 11) is 0. The summed E-state index contributed by atoms with van der Waals surface area (Å²) in [4.78, 5) is 9.72. The normalized spacial score (nSPS) is 13.6. The predicted molar refractivity (Wildman–Crippen MR) is 68.5 cm³/mol. The van der Waals surface area contributed by atoms with Gasteiger partial charge in [0.25, 0.3) is 0 Å². The minimum absolute atomic E-state index is 0.209. The highest BCUT2D eigenvalue weighted by Crippen LogP contribution is 2.22. The molecule has 0 bridgehead atoms. The first-order chi connectivity index (χ1) is 8.81. The van der Waals surface area contributed by atoms with E-state index in [1.165, 1.54) is 17.7 Å². The molecule has 3 nitrogen and oxygen atoms in total. The molecule has 0 atom stereocenters. The molecule has 0 amide bonds. The molecule has 0 radical (unpaired) electrons. The van der Waals surface area contributed by atoms with Crippen LogP contribution in [-0.2, 0) is 18.8 Å². The number of rotatable bonds is 3. The summed E-state index contributed by atoms with van der Waals surface area (Å²) in [6.07, 6.45) is 1.88. The topological polar surface area (TPSA) is 37.8 Å². The molecule has 1 N–H and O–H groups in total. The molecular weight excluding hydrogens is 249 g/mol. The van der Waals surface area contributed by atoms with Gasteiger partial charge in [0, 0.05) is 29.7 Å². The number of nitrogens with one attached hydrogen (secondary N) is 1. The molecule has 0 saturated heterocycles. The Bertz CT molecular complexity index is 574. The van der Waals surface area contributed by atoms with E-state index in [9.17, 15) is 4.39 Å². The molecule has 0 spiro atoms. The standard InChI is InChI=1S/C13H12FN3S/c14-10-2-1-3-11(4-10)18-8-13-16-6-9-5-15-7-12(9)17-13/h1-4,6,15H,5,7-8H2. The Hall–Kier alpha value is -1.46. The number of benzene rings is 1. The summed E-state index contributed by atoms with van der Waals surface area (Å²) < 4.78 is 13.0. The monoisotopic (exact) mass is 261 g/mol. The maximum absolute atomic E-state index is 13.0. The van der Waals surface area contributed by atoms with E-state index in [-0.39, 0.29) is 5.82 Å². The third-order valence-electron chi connectivity index (χ3n) is 2.78. The lowest BCUT2D eigenvalue weighted by Gasteiger charge is -2.03. The largest absolute Gasteiger partial charge is 0.307 e. The maximum atomic E-state index is 13.0. The maximum Gasteiger partial charge on any atom is 0.138 e. The highest BCUT2D eigenvalue weighted by Gasteiger charge is 2.12. The predicted octanol–water partition coefficient (Wildman–Crippen LogP) is 2.51. The van der Waals surface area contributed by atoms with Crippen LogP contribution < -0.4 is 5.32 Å². The van der Waals surface area contributed by atoms with Gasteiger partial charge in [-0.25, -0.2) is 14.4 Å². The van der Waals surface area contributed by atoms with E-state index in [4.69, 9.17) is 0 Å². The molecule has 1 aromatic carbocycles. The van der Waals surface area contributed by atoms with Gasteiger partial charge in [-0.05, 0) is 18.2 Å². The zero-order chi connectivity index (χ0) is 12.4. The van der Waals surface area contributed by atoms with Crippen molar-refractivity contribution in [2.75, 3.05) is 0 Å². The highest BCUT2D eigenvalue weighted by molar-refractivity contribution is 7.98. The molecule has 2 heterocycles. The van der Waals surface area contributed by atoms with E-state index in [0.29, 0.717) is 5.75 Å². The van der Waals surface area contributed by atoms with Crippen LogP contribution in [0.15, 0.2) is 35.4 Å². The number of nitrogens with zero attached hydrogens (tertiary/aromatic N) is 2. The van der Waals surface area contributed by atoms with Gasteiger partial charge >= 0.3 is 0 Å². The second-order valence-corrected chi connectivity index (χ2v) is 5.16. The lowest BCUT2D eigenvalue weighted by molar-refractivity contribution is 0.624. The van der Waals surface area contributed by atoms with Crippen molar-refractivity contribution in [2.24, 2.45) is 0 Å². The average molecular weight is 261 g/mol. The zero-order valence-corrected chi connectivity index (χ0v) is 10.5. The summed E-state index contributed by atoms with van der Waals surface area (Å²) in [6.45, 7) is 1.67. The van der Waals surface area contributed by atoms with Crippen molar-refractivity contribution in [1.82, 2.24) is 15.3 Å². The Morgan fingerprint density at radius 2 is 2.28 bits per heavy atom. The molecule has 1 aliphatic rings. The van der Waals surface area contributed by atoms with E-state index in [1.54, 1.807) is 17.8 Å². The minimum Gasteiger partial charge on any atom is -0.307 e. The van der Waals surface area contributed by atoms with Crippen molar-refractivity contribution in [2.45, 2.75) is 23.7 Å². The fourth-order valence-corrected chi connectivity index (χ4v) is 2.68. The number of fused-ring (bicyclic) bond motifs is 1. The van der Waals surface area contributed by atoms with Gasteiger partial charge in [-0.2, -0.15) is 0 Å². The smallest absolute Gasteiger partial charge is 0.138 e. The molecule has 3 rings (SSSR count). The molecule has 0 unspecified atom stereocenters. The summed E-state index contributed by atoms with van der Waals surface area (Å²) >= 11 is 1.55. The zero-order valence-electron chi connectivity index (χ0n) is 9.69. The van der Waals surface area contributed by atoms with Gasteiger partial charge in [0.05, 0.1) is 11.4 Å². The molecule has 0 fully saturated rings. The van der Waals surface area contributed by atoms with E-state index < -0.39 is 0 Å². The Labute approximate surface area is 109 Å². The molecule has 2 aromatic rings. The minimum atomic E-state index is -0.209. The summed E-state index contributed by atoms with van der Waals surface area (Å²) in [5.74, 6) is 1.25. The Balaban J connectivity index is 1.70. The molecule has 5 heteroatoms. The van der Waals surface area contributed by atoms with Crippen LogP contribution in [0.2, 0.25) is 0 Å². The summed E-state index contributed by atoms with van der Waals surface area (Å²) in [6, 6.07) is 6.58. The van der Waals surface area contributed by atoms with E-state index in [0.717, 1.165) is 29.5 Å². The molecule has 92 valence electrons. The van der Waals surface area contributed by atoms with Gasteiger partial charge < -0.3 is 5.32 Å². The molecular formula is C13H12FN3S. The van der Waals surface area contributed by atoms with Crippen LogP contribution in [0.25, 0.3) is 0 Å². The number of hydrogen-bond donors (Lipinski definition) is 1. The van der Waals surface area contributed by atoms with Gasteiger partial charge in [0.2, 0.25) is 0 Å². The summed E-state index contributed by atoms with van der Waals surface area (Å²) in [5, 5.41) is 3.24. The third kappa shape index (κ3) is 2.52. The van der Waals surface area contributed by atoms with Crippen LogP contribution >= 0.6 is 11.8 Å². The first-order valence-corrected chi connectivity index (χ1v) is 6.72. The number of thioether (sulfide) groups is 1. The van der Waals surface area contributed by atoms with Gasteiger partial charge in [0.15, 0.2) is 0 Å². The fraction of sp³-hybridized carbons (Fsp3) is 0.231. The third-order valence-corrected chi connectivity index (χ3v) is 3.77. The Morgan fingerprint density at radius 1 is 1.33 bits per heavy atom. The summed E-state index contributed by atoms with van der Waals surface area (Å²) in [5.41, 5.74) is 2.26. The van der Waals surface area contributed by atoms with Crippen molar-refractivity contribution >= 4 is 11.8 Å². The first kappa shape index (κ1) is 11.6. The van der Waals surface area contributed by atoms with E-state index >= 15 is 0 Å². The molecule has 0 aliphatic carbocycles.